The maximum atomic E-state index is 5.38. The Hall–Kier alpha value is -16.4. The molecule has 0 amide bonds. The molecule has 9 nitrogen and oxygen atoms in total. The maximum absolute atomic E-state index is 5.38. The van der Waals surface area contributed by atoms with Gasteiger partial charge in [-0.15, -0.1) is 11.3 Å². The highest BCUT2D eigenvalue weighted by atomic mass is 32.1. The lowest BCUT2D eigenvalue weighted by Crippen LogP contribution is -2.03. The number of hydrogen-bond donors (Lipinski definition) is 0. The molecule has 124 heavy (non-hydrogen) atoms. The summed E-state index contributed by atoms with van der Waals surface area (Å²) in [6.45, 7) is 0. The molecule has 26 aromatic rings. The fourth-order valence-corrected chi connectivity index (χ4v) is 20.6. The zero-order valence-corrected chi connectivity index (χ0v) is 67.7. The van der Waals surface area contributed by atoms with E-state index in [4.69, 9.17) is 19.9 Å². The minimum atomic E-state index is 0.643. The molecule has 0 saturated heterocycles. The lowest BCUT2D eigenvalue weighted by molar-refractivity contribution is 0.995. The van der Waals surface area contributed by atoms with Gasteiger partial charge in [0.25, 0.3) is 0 Å². The van der Waals surface area contributed by atoms with Crippen LogP contribution in [0, 0.1) is 0 Å². The van der Waals surface area contributed by atoms with Crippen molar-refractivity contribution in [1.82, 2.24) is 42.8 Å². The third-order valence-electron chi connectivity index (χ3n) is 25.0. The SMILES string of the molecule is c1ccc(-c2cc(-c3ccccc3)nc(-n3c4ccccc4c4cc(-c5ccc6c(c5)c5cc7c8ccccc8n(-c8ccccc8)c7cc5n6-c5ccccc5)ccc43)n2)cc1.c1ccc(-c2ccc(-c3nc(-n4c5ccccc5c5cc(-c6ccc7c(c6)c6c8sc9ccccc9c8ccc6n7-c6ccccc6)ccc54)nc4ccccc34)cc2)cc1. The van der Waals surface area contributed by atoms with Crippen LogP contribution in [0.15, 0.2) is 431 Å². The number of benzene rings is 18. The molecule has 10 heteroatoms. The Bertz CT molecular complexity index is 8710. The Morgan fingerprint density at radius 3 is 1.03 bits per heavy atom. The quantitative estimate of drug-likeness (QED) is 0.129. The molecule has 0 bridgehead atoms. The van der Waals surface area contributed by atoms with Gasteiger partial charge >= 0.3 is 0 Å². The Kier molecular flexibility index (Phi) is 16.3. The summed E-state index contributed by atoms with van der Waals surface area (Å²) >= 11 is 1.89. The van der Waals surface area contributed by atoms with Crippen molar-refractivity contribution in [3.8, 4) is 96.1 Å². The van der Waals surface area contributed by atoms with Crippen molar-refractivity contribution in [2.75, 3.05) is 0 Å². The van der Waals surface area contributed by atoms with Crippen molar-refractivity contribution in [2.45, 2.75) is 0 Å². The van der Waals surface area contributed by atoms with E-state index >= 15 is 0 Å². The van der Waals surface area contributed by atoms with Crippen molar-refractivity contribution in [2.24, 2.45) is 0 Å². The first-order chi connectivity index (χ1) is 61.5. The second-order valence-corrected chi connectivity index (χ2v) is 33.0. The van der Waals surface area contributed by atoms with Crippen LogP contribution in [0.25, 0.3) is 236 Å². The number of aromatic nitrogens is 9. The monoisotopic (exact) mass is 1600 g/mol. The Morgan fingerprint density at radius 2 is 0.516 bits per heavy atom. The molecular formula is C114H71N9S. The Morgan fingerprint density at radius 1 is 0.177 bits per heavy atom. The standard InChI is InChI=1S/C58H37N5.C56H34N4S/c1-5-17-38(18-6-1)50-36-51(39-19-7-2-8-20-39)60-58(59-50)63-53-28-16-14-25-44(53)46-33-40(30-32-55(46)63)41-29-31-54-47(34-41)49-35-48-45-26-13-15-27-52(45)61(42-21-9-3-10-22-42)56(48)37-57(49)62(54)43-23-11-4-12-24-43;1-3-13-35(14-4-1)36-23-25-37(26-24-36)54-44-19-7-10-20-47(44)57-56(58-54)60-48-21-11-8-17-41(48)45-33-38(27-30-49(45)60)39-28-31-50-46(34-39)53-51(59(50)40-15-5-2-6-16-40)32-29-43-42-18-9-12-22-52(42)61-55(43)53/h1-37H;1-34H. The molecular weight excluding hydrogens is 1530 g/mol. The van der Waals surface area contributed by atoms with Gasteiger partial charge in [-0.05, 0) is 173 Å². The molecule has 0 spiro atoms. The first-order valence-electron chi connectivity index (χ1n) is 42.1. The number of thiophene rings is 1. The van der Waals surface area contributed by atoms with Crippen molar-refractivity contribution >= 4 is 151 Å². The average molecular weight is 1600 g/mol. The van der Waals surface area contributed by atoms with Gasteiger partial charge in [-0.2, -0.15) is 0 Å². The van der Waals surface area contributed by atoms with Crippen LogP contribution in [0.5, 0.6) is 0 Å². The van der Waals surface area contributed by atoms with Crippen LogP contribution in [0.3, 0.4) is 0 Å². The molecule has 26 rings (SSSR count). The second-order valence-electron chi connectivity index (χ2n) is 32.0. The van der Waals surface area contributed by atoms with E-state index < -0.39 is 0 Å². The molecule has 0 aliphatic rings. The smallest absolute Gasteiger partial charge is 0.235 e. The highest BCUT2D eigenvalue weighted by Crippen LogP contribution is 2.48. The fraction of sp³-hybridized carbons (Fsp3) is 0. The summed E-state index contributed by atoms with van der Waals surface area (Å²) in [4.78, 5) is 21.1. The molecule has 8 heterocycles. The third kappa shape index (κ3) is 11.5. The van der Waals surface area contributed by atoms with Gasteiger partial charge < -0.3 is 13.7 Å². The minimum Gasteiger partial charge on any atom is -0.309 e. The van der Waals surface area contributed by atoms with Gasteiger partial charge in [-0.3, -0.25) is 9.13 Å². The van der Waals surface area contributed by atoms with Gasteiger partial charge in [0, 0.05) is 113 Å². The van der Waals surface area contributed by atoms with Gasteiger partial charge in [0.2, 0.25) is 11.9 Å². The largest absolute Gasteiger partial charge is 0.309 e. The predicted octanol–water partition coefficient (Wildman–Crippen LogP) is 30.0. The van der Waals surface area contributed by atoms with Crippen molar-refractivity contribution in [3.63, 3.8) is 0 Å². The van der Waals surface area contributed by atoms with Crippen LogP contribution in [-0.2, 0) is 0 Å². The van der Waals surface area contributed by atoms with Crippen molar-refractivity contribution in [1.29, 1.82) is 0 Å². The number of hydrogen-bond acceptors (Lipinski definition) is 5. The van der Waals surface area contributed by atoms with E-state index in [1.165, 1.54) is 113 Å². The summed E-state index contributed by atoms with van der Waals surface area (Å²) in [5.74, 6) is 1.30. The zero-order chi connectivity index (χ0) is 81.5. The molecule has 18 aromatic carbocycles. The summed E-state index contributed by atoms with van der Waals surface area (Å²) in [6.07, 6.45) is 0. The summed E-state index contributed by atoms with van der Waals surface area (Å²) < 4.78 is 14.3. The molecule has 0 radical (unpaired) electrons. The molecule has 0 atom stereocenters. The van der Waals surface area contributed by atoms with Crippen molar-refractivity contribution in [3.05, 3.63) is 431 Å². The van der Waals surface area contributed by atoms with E-state index in [9.17, 15) is 0 Å². The molecule has 0 N–H and O–H groups in total. The van der Waals surface area contributed by atoms with Gasteiger partial charge in [-0.25, -0.2) is 19.9 Å². The van der Waals surface area contributed by atoms with E-state index in [0.717, 1.165) is 111 Å². The lowest BCUT2D eigenvalue weighted by Gasteiger charge is -2.12. The van der Waals surface area contributed by atoms with E-state index in [2.05, 4.69) is 441 Å². The highest BCUT2D eigenvalue weighted by Gasteiger charge is 2.26. The molecule has 0 fully saturated rings. The Balaban J connectivity index is 0.000000136. The highest BCUT2D eigenvalue weighted by molar-refractivity contribution is 7.26. The van der Waals surface area contributed by atoms with Crippen LogP contribution in [0.1, 0.15) is 0 Å². The van der Waals surface area contributed by atoms with E-state index in [0.29, 0.717) is 11.9 Å². The Labute approximate surface area is 716 Å². The number of nitrogens with zero attached hydrogens (tertiary/aromatic N) is 9. The van der Waals surface area contributed by atoms with Crippen LogP contribution < -0.4 is 0 Å². The van der Waals surface area contributed by atoms with Gasteiger partial charge in [0.15, 0.2) is 0 Å². The molecule has 0 aliphatic carbocycles. The van der Waals surface area contributed by atoms with Crippen LogP contribution in [-0.4, -0.2) is 42.8 Å². The van der Waals surface area contributed by atoms with Crippen LogP contribution in [0.2, 0.25) is 0 Å². The number of para-hydroxylation sites is 7. The van der Waals surface area contributed by atoms with Gasteiger partial charge in [0.05, 0.1) is 77.8 Å². The first-order valence-corrected chi connectivity index (χ1v) is 42.9. The topological polar surface area (TPSA) is 76.2 Å². The summed E-state index contributed by atoms with van der Waals surface area (Å²) in [7, 11) is 0. The minimum absolute atomic E-state index is 0.643. The first kappa shape index (κ1) is 70.6. The van der Waals surface area contributed by atoms with Crippen LogP contribution >= 0.6 is 11.3 Å². The van der Waals surface area contributed by atoms with E-state index in [-0.39, 0.29) is 0 Å². The van der Waals surface area contributed by atoms with E-state index in [1.807, 2.05) is 23.5 Å². The average Bonchev–Trinajstić information content (AvgIpc) is 1.54. The summed E-state index contributed by atoms with van der Waals surface area (Å²) in [6, 6.07) is 154. The third-order valence-corrected chi connectivity index (χ3v) is 26.2. The summed E-state index contributed by atoms with van der Waals surface area (Å²) in [5.41, 5.74) is 28.6. The maximum Gasteiger partial charge on any atom is 0.235 e. The normalized spacial score (nSPS) is 11.9. The molecule has 0 saturated carbocycles. The predicted molar refractivity (Wildman–Crippen MR) is 519 cm³/mol. The van der Waals surface area contributed by atoms with Gasteiger partial charge in [-0.1, -0.05) is 291 Å². The number of fused-ring (bicyclic) bond motifs is 20. The lowest BCUT2D eigenvalue weighted by atomic mass is 10.00. The van der Waals surface area contributed by atoms with Crippen LogP contribution in [0.4, 0.5) is 0 Å². The zero-order valence-electron chi connectivity index (χ0n) is 66.9. The molecule has 0 aliphatic heterocycles. The fourth-order valence-electron chi connectivity index (χ4n) is 19.3. The molecule has 8 aromatic heterocycles. The molecule has 578 valence electrons. The van der Waals surface area contributed by atoms with Crippen molar-refractivity contribution < 1.29 is 0 Å². The second kappa shape index (κ2) is 28.7. The van der Waals surface area contributed by atoms with Gasteiger partial charge in [0.1, 0.15) is 0 Å². The number of rotatable bonds is 11. The van der Waals surface area contributed by atoms with E-state index in [1.54, 1.807) is 0 Å². The molecule has 0 unspecified atom stereocenters. The summed E-state index contributed by atoms with van der Waals surface area (Å²) in [5, 5.41) is 15.8.